The zero-order chi connectivity index (χ0) is 20.1. The lowest BCUT2D eigenvalue weighted by atomic mass is 10.1. The number of hydrogen-bond donors (Lipinski definition) is 2. The van der Waals surface area contributed by atoms with Gasteiger partial charge >= 0.3 is 6.03 Å². The minimum Gasteiger partial charge on any atom is -0.351 e. The molecule has 0 fully saturated rings. The molecule has 2 aromatic carbocycles. The molecule has 3 rings (SSSR count). The number of carbonyl (C=O) groups is 2. The molecule has 28 heavy (non-hydrogen) atoms. The molecule has 2 aromatic rings. The summed E-state index contributed by atoms with van der Waals surface area (Å²) in [5.74, 6) is -0.0999. The third-order valence-corrected chi connectivity index (χ3v) is 4.90. The molecular formula is C22H28N4O2. The van der Waals surface area contributed by atoms with Crippen molar-refractivity contribution in [2.24, 2.45) is 0 Å². The monoisotopic (exact) mass is 380 g/mol. The lowest BCUT2D eigenvalue weighted by molar-refractivity contribution is 0.0951. The van der Waals surface area contributed by atoms with E-state index in [0.29, 0.717) is 18.7 Å². The number of amides is 3. The van der Waals surface area contributed by atoms with Gasteiger partial charge in [0.1, 0.15) is 0 Å². The smallest absolute Gasteiger partial charge is 0.322 e. The molecule has 0 aliphatic carbocycles. The molecular weight excluding hydrogens is 352 g/mol. The van der Waals surface area contributed by atoms with Crippen LogP contribution in [0.5, 0.6) is 0 Å². The number of rotatable bonds is 6. The van der Waals surface area contributed by atoms with E-state index in [9.17, 15) is 9.59 Å². The number of hydrogen-bond acceptors (Lipinski definition) is 3. The van der Waals surface area contributed by atoms with E-state index in [0.717, 1.165) is 24.2 Å². The molecule has 0 saturated heterocycles. The maximum absolute atomic E-state index is 12.7. The highest BCUT2D eigenvalue weighted by Gasteiger charge is 2.30. The van der Waals surface area contributed by atoms with Crippen LogP contribution in [-0.2, 0) is 13.0 Å². The van der Waals surface area contributed by atoms with Gasteiger partial charge in [0.15, 0.2) is 0 Å². The van der Waals surface area contributed by atoms with Gasteiger partial charge in [0.2, 0.25) is 0 Å². The Hall–Kier alpha value is -2.86. The molecule has 0 saturated carbocycles. The van der Waals surface area contributed by atoms with Gasteiger partial charge in [-0.25, -0.2) is 4.79 Å². The molecule has 1 aliphatic rings. The Morgan fingerprint density at radius 2 is 1.89 bits per heavy atom. The van der Waals surface area contributed by atoms with Crippen LogP contribution < -0.4 is 15.5 Å². The fraction of sp³-hybridized carbons (Fsp3) is 0.364. The highest BCUT2D eigenvalue weighted by molar-refractivity contribution is 5.95. The van der Waals surface area contributed by atoms with E-state index in [1.54, 1.807) is 6.07 Å². The fourth-order valence-electron chi connectivity index (χ4n) is 3.46. The van der Waals surface area contributed by atoms with Crippen LogP contribution in [0, 0.1) is 0 Å². The minimum absolute atomic E-state index is 0.0999. The van der Waals surface area contributed by atoms with Crippen LogP contribution in [0.3, 0.4) is 0 Å². The van der Waals surface area contributed by atoms with E-state index in [1.807, 2.05) is 60.3 Å². The second-order valence-electron chi connectivity index (χ2n) is 7.47. The van der Waals surface area contributed by atoms with E-state index >= 15 is 0 Å². The van der Waals surface area contributed by atoms with Crippen molar-refractivity contribution in [2.45, 2.75) is 25.9 Å². The van der Waals surface area contributed by atoms with Crippen molar-refractivity contribution in [1.82, 2.24) is 15.5 Å². The van der Waals surface area contributed by atoms with Gasteiger partial charge in [0, 0.05) is 36.9 Å². The maximum atomic E-state index is 12.7. The molecule has 0 radical (unpaired) electrons. The van der Waals surface area contributed by atoms with Crippen LogP contribution in [0.1, 0.15) is 28.4 Å². The van der Waals surface area contributed by atoms with Crippen LogP contribution in [0.2, 0.25) is 0 Å². The highest BCUT2D eigenvalue weighted by atomic mass is 16.2. The van der Waals surface area contributed by atoms with Crippen molar-refractivity contribution in [3.8, 4) is 0 Å². The van der Waals surface area contributed by atoms with Gasteiger partial charge in [-0.05, 0) is 56.8 Å². The van der Waals surface area contributed by atoms with Gasteiger partial charge in [0.25, 0.3) is 5.91 Å². The van der Waals surface area contributed by atoms with E-state index in [-0.39, 0.29) is 18.0 Å². The standard InChI is InChI=1S/C22H28N4O2/c1-16-13-18-8-4-5-10-20(18)26(16)22(28)24-15-17-7-6-9-19(14-17)21(27)23-11-12-25(2)3/h4-10,14,16H,11-13,15H2,1-3H3,(H,23,27)(H,24,28). The summed E-state index contributed by atoms with van der Waals surface area (Å²) in [6.45, 7) is 3.82. The summed E-state index contributed by atoms with van der Waals surface area (Å²) in [5.41, 5.74) is 3.67. The molecule has 0 spiro atoms. The van der Waals surface area contributed by atoms with Crippen molar-refractivity contribution in [1.29, 1.82) is 0 Å². The van der Waals surface area contributed by atoms with Gasteiger partial charge in [-0.1, -0.05) is 30.3 Å². The number of carbonyl (C=O) groups excluding carboxylic acids is 2. The minimum atomic E-state index is -0.113. The molecule has 1 heterocycles. The largest absolute Gasteiger partial charge is 0.351 e. The SMILES string of the molecule is CC1Cc2ccccc2N1C(=O)NCc1cccc(C(=O)NCCN(C)C)c1. The molecule has 1 aliphatic heterocycles. The quantitative estimate of drug-likeness (QED) is 0.810. The zero-order valence-corrected chi connectivity index (χ0v) is 16.7. The summed E-state index contributed by atoms with van der Waals surface area (Å²) < 4.78 is 0. The first-order chi connectivity index (χ1) is 13.5. The van der Waals surface area contributed by atoms with Gasteiger partial charge in [-0.15, -0.1) is 0 Å². The van der Waals surface area contributed by atoms with E-state index in [4.69, 9.17) is 0 Å². The van der Waals surface area contributed by atoms with Gasteiger partial charge in [0.05, 0.1) is 0 Å². The summed E-state index contributed by atoms with van der Waals surface area (Å²) in [6, 6.07) is 15.4. The number of para-hydroxylation sites is 1. The lowest BCUT2D eigenvalue weighted by Crippen LogP contribution is -2.43. The highest BCUT2D eigenvalue weighted by Crippen LogP contribution is 2.31. The summed E-state index contributed by atoms with van der Waals surface area (Å²) in [6.07, 6.45) is 0.867. The number of urea groups is 1. The molecule has 2 N–H and O–H groups in total. The molecule has 0 aromatic heterocycles. The lowest BCUT2D eigenvalue weighted by Gasteiger charge is -2.23. The normalized spacial score (nSPS) is 15.4. The number of benzene rings is 2. The van der Waals surface area contributed by atoms with Crippen LogP contribution in [0.15, 0.2) is 48.5 Å². The predicted octanol–water partition coefficient (Wildman–Crippen LogP) is 2.64. The van der Waals surface area contributed by atoms with Crippen LogP contribution in [0.25, 0.3) is 0 Å². The van der Waals surface area contributed by atoms with E-state index < -0.39 is 0 Å². The Labute approximate surface area is 166 Å². The first-order valence-corrected chi connectivity index (χ1v) is 9.62. The number of nitrogens with one attached hydrogen (secondary N) is 2. The number of nitrogens with zero attached hydrogens (tertiary/aromatic N) is 2. The first kappa shape index (κ1) is 19.9. The van der Waals surface area contributed by atoms with Crippen LogP contribution in [-0.4, -0.2) is 50.1 Å². The second kappa shape index (κ2) is 8.89. The third kappa shape index (κ3) is 4.70. The average Bonchev–Trinajstić information content (AvgIpc) is 3.01. The molecule has 6 heteroatoms. The van der Waals surface area contributed by atoms with Gasteiger partial charge in [-0.2, -0.15) is 0 Å². The molecule has 1 atom stereocenters. The Balaban J connectivity index is 1.59. The topological polar surface area (TPSA) is 64.7 Å². The summed E-state index contributed by atoms with van der Waals surface area (Å²) in [5, 5.41) is 5.89. The number of fused-ring (bicyclic) bond motifs is 1. The predicted molar refractivity (Wildman–Crippen MR) is 112 cm³/mol. The average molecular weight is 380 g/mol. The molecule has 0 bridgehead atoms. The Morgan fingerprint density at radius 1 is 1.11 bits per heavy atom. The van der Waals surface area contributed by atoms with E-state index in [1.165, 1.54) is 5.56 Å². The summed E-state index contributed by atoms with van der Waals surface area (Å²) in [4.78, 5) is 28.9. The van der Waals surface area contributed by atoms with Crippen molar-refractivity contribution < 1.29 is 9.59 Å². The third-order valence-electron chi connectivity index (χ3n) is 4.90. The second-order valence-corrected chi connectivity index (χ2v) is 7.47. The maximum Gasteiger partial charge on any atom is 0.322 e. The van der Waals surface area contributed by atoms with Gasteiger partial charge in [-0.3, -0.25) is 9.69 Å². The Morgan fingerprint density at radius 3 is 2.68 bits per heavy atom. The number of likely N-dealkylation sites (N-methyl/N-ethyl adjacent to an activating group) is 1. The van der Waals surface area contributed by atoms with Crippen LogP contribution >= 0.6 is 0 Å². The van der Waals surface area contributed by atoms with Crippen molar-refractivity contribution in [3.63, 3.8) is 0 Å². The van der Waals surface area contributed by atoms with Crippen molar-refractivity contribution in [2.75, 3.05) is 32.1 Å². The van der Waals surface area contributed by atoms with Crippen molar-refractivity contribution in [3.05, 3.63) is 65.2 Å². The molecule has 3 amide bonds. The Kier molecular flexibility index (Phi) is 6.31. The Bertz CT molecular complexity index is 850. The van der Waals surface area contributed by atoms with Crippen LogP contribution in [0.4, 0.5) is 10.5 Å². The molecule has 148 valence electrons. The molecule has 1 unspecified atom stereocenters. The fourth-order valence-corrected chi connectivity index (χ4v) is 3.46. The first-order valence-electron chi connectivity index (χ1n) is 9.62. The molecule has 6 nitrogen and oxygen atoms in total. The van der Waals surface area contributed by atoms with E-state index in [2.05, 4.69) is 23.6 Å². The summed E-state index contributed by atoms with van der Waals surface area (Å²) in [7, 11) is 3.93. The number of anilines is 1. The van der Waals surface area contributed by atoms with Crippen molar-refractivity contribution >= 4 is 17.6 Å². The van der Waals surface area contributed by atoms with Gasteiger partial charge < -0.3 is 15.5 Å². The summed E-state index contributed by atoms with van der Waals surface area (Å²) >= 11 is 0. The zero-order valence-electron chi connectivity index (χ0n) is 16.7.